The van der Waals surface area contributed by atoms with Gasteiger partial charge in [-0.3, -0.25) is 0 Å². The van der Waals surface area contributed by atoms with E-state index in [1.807, 2.05) is 25.1 Å². The number of aromatic nitrogens is 2. The summed E-state index contributed by atoms with van der Waals surface area (Å²) in [6.07, 6.45) is 0.758. The largest absolute Gasteiger partial charge is 0.421 e. The van der Waals surface area contributed by atoms with E-state index >= 15 is 0 Å². The van der Waals surface area contributed by atoms with Gasteiger partial charge in [0.2, 0.25) is 11.8 Å². The van der Waals surface area contributed by atoms with Crippen LogP contribution in [0.3, 0.4) is 0 Å². The van der Waals surface area contributed by atoms with Crippen LogP contribution >= 0.6 is 15.9 Å². The molecular formula is C13H16BrN3O. The van der Waals surface area contributed by atoms with Crippen molar-refractivity contribution in [3.8, 4) is 11.5 Å². The Morgan fingerprint density at radius 2 is 2.17 bits per heavy atom. The second-order valence-corrected chi connectivity index (χ2v) is 4.87. The van der Waals surface area contributed by atoms with Crippen LogP contribution in [0, 0.1) is 6.92 Å². The minimum Gasteiger partial charge on any atom is -0.421 e. The van der Waals surface area contributed by atoms with Crippen LogP contribution in [-0.2, 0) is 6.42 Å². The number of benzene rings is 1. The zero-order valence-electron chi connectivity index (χ0n) is 10.5. The number of likely N-dealkylation sites (N-methyl/N-ethyl adjacent to an activating group) is 1. The van der Waals surface area contributed by atoms with Crippen molar-refractivity contribution < 1.29 is 4.42 Å². The van der Waals surface area contributed by atoms with Crippen molar-refractivity contribution in [3.05, 3.63) is 34.1 Å². The first-order chi connectivity index (χ1) is 8.72. The van der Waals surface area contributed by atoms with Crippen molar-refractivity contribution >= 4 is 15.9 Å². The third-order valence-corrected chi connectivity index (χ3v) is 3.59. The minimum atomic E-state index is 0.584. The van der Waals surface area contributed by atoms with E-state index in [1.54, 1.807) is 0 Å². The van der Waals surface area contributed by atoms with Crippen molar-refractivity contribution in [3.63, 3.8) is 0 Å². The van der Waals surface area contributed by atoms with Crippen LogP contribution < -0.4 is 5.32 Å². The zero-order valence-corrected chi connectivity index (χ0v) is 12.1. The van der Waals surface area contributed by atoms with Gasteiger partial charge in [-0.2, -0.15) is 0 Å². The van der Waals surface area contributed by atoms with Gasteiger partial charge in [0.15, 0.2) is 0 Å². The molecule has 1 N–H and O–H groups in total. The molecule has 0 radical (unpaired) electrons. The fourth-order valence-electron chi connectivity index (χ4n) is 1.67. The summed E-state index contributed by atoms with van der Waals surface area (Å²) in [4.78, 5) is 0. The van der Waals surface area contributed by atoms with E-state index in [-0.39, 0.29) is 0 Å². The second-order valence-electron chi connectivity index (χ2n) is 4.02. The monoisotopic (exact) mass is 309 g/mol. The normalized spacial score (nSPS) is 10.8. The van der Waals surface area contributed by atoms with Gasteiger partial charge in [-0.1, -0.05) is 28.9 Å². The summed E-state index contributed by atoms with van der Waals surface area (Å²) in [6, 6.07) is 5.96. The third kappa shape index (κ3) is 2.97. The quantitative estimate of drug-likeness (QED) is 0.863. The van der Waals surface area contributed by atoms with E-state index in [9.17, 15) is 0 Å². The highest BCUT2D eigenvalue weighted by Crippen LogP contribution is 2.27. The van der Waals surface area contributed by atoms with E-state index < -0.39 is 0 Å². The van der Waals surface area contributed by atoms with Crippen molar-refractivity contribution in [2.75, 3.05) is 13.1 Å². The average molecular weight is 310 g/mol. The van der Waals surface area contributed by atoms with Gasteiger partial charge in [0, 0.05) is 23.0 Å². The highest BCUT2D eigenvalue weighted by molar-refractivity contribution is 9.10. The first-order valence-corrected chi connectivity index (χ1v) is 6.80. The Morgan fingerprint density at radius 1 is 1.33 bits per heavy atom. The van der Waals surface area contributed by atoms with Crippen molar-refractivity contribution in [1.82, 2.24) is 15.5 Å². The van der Waals surface area contributed by atoms with Gasteiger partial charge >= 0.3 is 0 Å². The lowest BCUT2D eigenvalue weighted by molar-refractivity contribution is 0.496. The van der Waals surface area contributed by atoms with Crippen molar-refractivity contribution in [2.45, 2.75) is 20.3 Å². The molecule has 4 nitrogen and oxygen atoms in total. The number of nitrogens with one attached hydrogen (secondary N) is 1. The maximum Gasteiger partial charge on any atom is 0.248 e. The molecule has 0 amide bonds. The Bertz CT molecular complexity index is 525. The summed E-state index contributed by atoms with van der Waals surface area (Å²) in [6.45, 7) is 5.91. The lowest BCUT2D eigenvalue weighted by Crippen LogP contribution is -2.16. The van der Waals surface area contributed by atoms with Crippen LogP contribution in [0.5, 0.6) is 0 Å². The Kier molecular flexibility index (Phi) is 4.49. The van der Waals surface area contributed by atoms with E-state index in [2.05, 4.69) is 38.4 Å². The molecule has 0 saturated carbocycles. The second kappa shape index (κ2) is 6.11. The molecule has 0 saturated heterocycles. The molecule has 0 atom stereocenters. The molecule has 1 aromatic carbocycles. The topological polar surface area (TPSA) is 51.0 Å². The number of hydrogen-bond acceptors (Lipinski definition) is 4. The van der Waals surface area contributed by atoms with Crippen LogP contribution in [0.2, 0.25) is 0 Å². The fraction of sp³-hybridized carbons (Fsp3) is 0.385. The van der Waals surface area contributed by atoms with E-state index in [0.717, 1.165) is 35.1 Å². The Hall–Kier alpha value is -1.20. The molecule has 2 aromatic rings. The van der Waals surface area contributed by atoms with Crippen LogP contribution in [-0.4, -0.2) is 23.3 Å². The SMILES string of the molecule is CCNCCc1nnc(-c2cccc(Br)c2C)o1. The first-order valence-electron chi connectivity index (χ1n) is 6.01. The molecule has 0 bridgehead atoms. The Morgan fingerprint density at radius 3 is 2.94 bits per heavy atom. The van der Waals surface area contributed by atoms with Gasteiger partial charge in [0.1, 0.15) is 0 Å². The predicted molar refractivity (Wildman–Crippen MR) is 74.4 cm³/mol. The molecule has 0 spiro atoms. The molecule has 1 aromatic heterocycles. The lowest BCUT2D eigenvalue weighted by atomic mass is 10.1. The molecule has 2 rings (SSSR count). The van der Waals surface area contributed by atoms with Crippen LogP contribution in [0.1, 0.15) is 18.4 Å². The Balaban J connectivity index is 2.16. The smallest absolute Gasteiger partial charge is 0.248 e. The zero-order chi connectivity index (χ0) is 13.0. The van der Waals surface area contributed by atoms with Crippen LogP contribution in [0.4, 0.5) is 0 Å². The molecule has 0 aliphatic carbocycles. The molecule has 0 aliphatic heterocycles. The maximum absolute atomic E-state index is 5.67. The number of hydrogen-bond donors (Lipinski definition) is 1. The number of rotatable bonds is 5. The van der Waals surface area contributed by atoms with E-state index in [0.29, 0.717) is 11.8 Å². The molecule has 96 valence electrons. The highest BCUT2D eigenvalue weighted by atomic mass is 79.9. The summed E-state index contributed by atoms with van der Waals surface area (Å²) >= 11 is 3.50. The van der Waals surface area contributed by atoms with E-state index in [1.165, 1.54) is 0 Å². The maximum atomic E-state index is 5.67. The fourth-order valence-corrected chi connectivity index (χ4v) is 2.04. The Labute approximate surface area is 115 Å². The first kappa shape index (κ1) is 13.2. The molecule has 18 heavy (non-hydrogen) atoms. The van der Waals surface area contributed by atoms with Gasteiger partial charge in [-0.05, 0) is 31.2 Å². The van der Waals surface area contributed by atoms with Gasteiger partial charge < -0.3 is 9.73 Å². The third-order valence-electron chi connectivity index (χ3n) is 2.73. The average Bonchev–Trinajstić information content (AvgIpc) is 2.82. The van der Waals surface area contributed by atoms with Gasteiger partial charge in [0.25, 0.3) is 0 Å². The van der Waals surface area contributed by atoms with Crippen LogP contribution in [0.15, 0.2) is 27.1 Å². The number of nitrogens with zero attached hydrogens (tertiary/aromatic N) is 2. The van der Waals surface area contributed by atoms with Gasteiger partial charge in [0.05, 0.1) is 0 Å². The summed E-state index contributed by atoms with van der Waals surface area (Å²) < 4.78 is 6.72. The van der Waals surface area contributed by atoms with Crippen molar-refractivity contribution in [1.29, 1.82) is 0 Å². The molecule has 0 aliphatic rings. The molecular weight excluding hydrogens is 294 g/mol. The minimum absolute atomic E-state index is 0.584. The van der Waals surface area contributed by atoms with E-state index in [4.69, 9.17) is 4.42 Å². The van der Waals surface area contributed by atoms with Crippen molar-refractivity contribution in [2.24, 2.45) is 0 Å². The molecule has 0 unspecified atom stereocenters. The summed E-state index contributed by atoms with van der Waals surface area (Å²) in [5.74, 6) is 1.26. The summed E-state index contributed by atoms with van der Waals surface area (Å²) in [7, 11) is 0. The summed E-state index contributed by atoms with van der Waals surface area (Å²) in [5.41, 5.74) is 2.09. The summed E-state index contributed by atoms with van der Waals surface area (Å²) in [5, 5.41) is 11.4. The van der Waals surface area contributed by atoms with Gasteiger partial charge in [-0.25, -0.2) is 0 Å². The highest BCUT2D eigenvalue weighted by Gasteiger charge is 2.11. The lowest BCUT2D eigenvalue weighted by Gasteiger charge is -2.02. The standard InChI is InChI=1S/C13H16BrN3O/c1-3-15-8-7-12-16-17-13(18-12)10-5-4-6-11(14)9(10)2/h4-6,15H,3,7-8H2,1-2H3. The molecule has 0 fully saturated rings. The number of halogens is 1. The molecule has 1 heterocycles. The predicted octanol–water partition coefficient (Wildman–Crippen LogP) is 2.96. The van der Waals surface area contributed by atoms with Gasteiger partial charge in [-0.15, -0.1) is 10.2 Å². The molecule has 5 heteroatoms. The van der Waals surface area contributed by atoms with Crippen LogP contribution in [0.25, 0.3) is 11.5 Å².